The number of pyridine rings is 1. The fraction of sp³-hybridized carbons (Fsp3) is 0. The smallest absolute Gasteiger partial charge is 0.337 e. The minimum absolute atomic E-state index is 0.0994. The quantitative estimate of drug-likeness (QED) is 0.650. The van der Waals surface area contributed by atoms with Crippen molar-refractivity contribution in [2.24, 2.45) is 0 Å². The molecule has 1 aromatic carbocycles. The highest BCUT2D eigenvalue weighted by Gasteiger charge is 2.32. The van der Waals surface area contributed by atoms with Crippen LogP contribution in [0.5, 0.6) is 0 Å². The molecule has 2 heterocycles. The molecule has 2 aromatic rings. The second kappa shape index (κ2) is 5.06. The lowest BCUT2D eigenvalue weighted by Gasteiger charge is -2.14. The number of amides is 2. The van der Waals surface area contributed by atoms with Crippen LogP contribution in [0, 0.1) is 11.3 Å². The second-order valence-electron chi connectivity index (χ2n) is 4.92. The van der Waals surface area contributed by atoms with Crippen LogP contribution in [0.2, 0.25) is 0 Å². The molecule has 0 atom stereocenters. The van der Waals surface area contributed by atoms with Crippen LogP contribution in [0.25, 0.3) is 5.69 Å². The Morgan fingerprint density at radius 2 is 1.92 bits per heavy atom. The van der Waals surface area contributed by atoms with Crippen molar-refractivity contribution < 1.29 is 19.5 Å². The fourth-order valence-electron chi connectivity index (χ4n) is 2.49. The first-order valence-electron chi connectivity index (χ1n) is 6.54. The molecule has 0 radical (unpaired) electrons. The summed E-state index contributed by atoms with van der Waals surface area (Å²) in [6.07, 6.45) is 0. The number of aromatic carboxylic acids is 1. The Labute approximate surface area is 133 Å². The summed E-state index contributed by atoms with van der Waals surface area (Å²) < 4.78 is 0.793. The van der Waals surface area contributed by atoms with Crippen LogP contribution in [0.15, 0.2) is 29.1 Å². The van der Waals surface area contributed by atoms with Crippen molar-refractivity contribution in [2.45, 2.75) is 0 Å². The molecule has 0 unspecified atom stereocenters. The minimum atomic E-state index is -1.35. The largest absolute Gasteiger partial charge is 0.478 e. The van der Waals surface area contributed by atoms with Gasteiger partial charge in [0.25, 0.3) is 17.4 Å². The maximum atomic E-state index is 12.3. The van der Waals surface area contributed by atoms with Crippen LogP contribution >= 0.6 is 0 Å². The van der Waals surface area contributed by atoms with Gasteiger partial charge in [-0.15, -0.1) is 0 Å². The van der Waals surface area contributed by atoms with E-state index in [4.69, 9.17) is 11.0 Å². The Balaban J connectivity index is 2.41. The molecule has 1 aromatic heterocycles. The molecule has 0 saturated carbocycles. The average Bonchev–Trinajstić information content (AvgIpc) is 2.81. The summed E-state index contributed by atoms with van der Waals surface area (Å²) in [4.78, 5) is 47.2. The average molecular weight is 324 g/mol. The van der Waals surface area contributed by atoms with Crippen molar-refractivity contribution in [1.29, 1.82) is 5.26 Å². The lowest BCUT2D eigenvalue weighted by molar-refractivity contribution is 0.0696. The minimum Gasteiger partial charge on any atom is -0.478 e. The molecule has 24 heavy (non-hydrogen) atoms. The van der Waals surface area contributed by atoms with Gasteiger partial charge in [0.2, 0.25) is 0 Å². The van der Waals surface area contributed by atoms with Gasteiger partial charge in [-0.3, -0.25) is 24.3 Å². The predicted octanol–water partition coefficient (Wildman–Crippen LogP) is -0.127. The lowest BCUT2D eigenvalue weighted by atomic mass is 10.1. The molecule has 9 heteroatoms. The number of hydrogen-bond acceptors (Lipinski definition) is 6. The van der Waals surface area contributed by atoms with Crippen LogP contribution in [-0.4, -0.2) is 27.5 Å². The van der Waals surface area contributed by atoms with E-state index >= 15 is 0 Å². The molecular weight excluding hydrogens is 316 g/mol. The van der Waals surface area contributed by atoms with Crippen molar-refractivity contribution in [3.63, 3.8) is 0 Å². The number of nitrogens with two attached hydrogens (primary N) is 1. The van der Waals surface area contributed by atoms with Crippen molar-refractivity contribution in [3.8, 4) is 11.8 Å². The van der Waals surface area contributed by atoms with Gasteiger partial charge in [-0.2, -0.15) is 5.26 Å². The van der Waals surface area contributed by atoms with Gasteiger partial charge in [0, 0.05) is 6.07 Å². The van der Waals surface area contributed by atoms with E-state index in [1.54, 1.807) is 0 Å². The number of carboxylic acid groups (broad SMARTS) is 1. The standard InChI is InChI=1S/C15H8N4O5/c16-5-6-1-2-7(15(23)24)9(3-6)19-10(20)4-8-11(12(19)17)14(22)18-13(8)21/h1-4H,17H2,(H,23,24)(H,18,21,22). The number of aromatic nitrogens is 1. The number of anilines is 1. The number of nitrogen functional groups attached to an aromatic ring is 1. The van der Waals surface area contributed by atoms with Crippen LogP contribution in [0.1, 0.15) is 36.6 Å². The summed E-state index contributed by atoms with van der Waals surface area (Å²) in [5.41, 5.74) is 4.32. The topological polar surface area (TPSA) is 155 Å². The van der Waals surface area contributed by atoms with E-state index in [0.717, 1.165) is 16.7 Å². The van der Waals surface area contributed by atoms with Crippen LogP contribution in [-0.2, 0) is 0 Å². The molecule has 2 amide bonds. The van der Waals surface area contributed by atoms with E-state index in [1.165, 1.54) is 12.1 Å². The highest BCUT2D eigenvalue weighted by atomic mass is 16.4. The zero-order valence-corrected chi connectivity index (χ0v) is 11.9. The van der Waals surface area contributed by atoms with Gasteiger partial charge in [0.05, 0.1) is 34.0 Å². The summed E-state index contributed by atoms with van der Waals surface area (Å²) in [5.74, 6) is -3.26. The fourth-order valence-corrected chi connectivity index (χ4v) is 2.49. The zero-order chi connectivity index (χ0) is 17.6. The van der Waals surface area contributed by atoms with Gasteiger partial charge in [0.1, 0.15) is 5.82 Å². The molecule has 3 rings (SSSR count). The predicted molar refractivity (Wildman–Crippen MR) is 79.9 cm³/mol. The number of benzene rings is 1. The van der Waals surface area contributed by atoms with Gasteiger partial charge >= 0.3 is 5.97 Å². The number of nitrogens with zero attached hydrogens (tertiary/aromatic N) is 2. The first-order valence-corrected chi connectivity index (χ1v) is 6.54. The highest BCUT2D eigenvalue weighted by molar-refractivity contribution is 6.23. The van der Waals surface area contributed by atoms with E-state index in [0.29, 0.717) is 0 Å². The third-order valence-electron chi connectivity index (χ3n) is 3.55. The first-order chi connectivity index (χ1) is 11.3. The molecule has 0 spiro atoms. The Morgan fingerprint density at radius 1 is 1.21 bits per heavy atom. The van der Waals surface area contributed by atoms with E-state index in [9.17, 15) is 24.3 Å². The number of fused-ring (bicyclic) bond motifs is 1. The maximum absolute atomic E-state index is 12.3. The molecule has 118 valence electrons. The molecule has 4 N–H and O–H groups in total. The number of carboxylic acids is 1. The molecule has 9 nitrogen and oxygen atoms in total. The Kier molecular flexibility index (Phi) is 3.16. The van der Waals surface area contributed by atoms with Crippen LogP contribution < -0.4 is 16.6 Å². The van der Waals surface area contributed by atoms with Gasteiger partial charge in [0.15, 0.2) is 0 Å². The third-order valence-corrected chi connectivity index (χ3v) is 3.55. The number of nitriles is 1. The number of hydrogen-bond donors (Lipinski definition) is 3. The zero-order valence-electron chi connectivity index (χ0n) is 11.9. The number of imide groups is 1. The molecule has 1 aliphatic rings. The Hall–Kier alpha value is -3.93. The van der Waals surface area contributed by atoms with Crippen molar-refractivity contribution in [3.05, 3.63) is 56.9 Å². The molecule has 0 aliphatic carbocycles. The van der Waals surface area contributed by atoms with E-state index < -0.39 is 23.3 Å². The van der Waals surface area contributed by atoms with E-state index in [1.807, 2.05) is 11.4 Å². The van der Waals surface area contributed by atoms with Gasteiger partial charge in [-0.25, -0.2) is 4.79 Å². The molecule has 0 fully saturated rings. The Bertz CT molecular complexity index is 1050. The second-order valence-corrected chi connectivity index (χ2v) is 4.92. The lowest BCUT2D eigenvalue weighted by Crippen LogP contribution is -2.25. The summed E-state index contributed by atoms with van der Waals surface area (Å²) in [6.45, 7) is 0. The monoisotopic (exact) mass is 324 g/mol. The van der Waals surface area contributed by atoms with E-state index in [-0.39, 0.29) is 33.8 Å². The molecule has 0 bridgehead atoms. The number of carbonyl (C=O) groups is 3. The maximum Gasteiger partial charge on any atom is 0.337 e. The van der Waals surface area contributed by atoms with Crippen molar-refractivity contribution in [2.75, 3.05) is 5.73 Å². The molecule has 0 saturated heterocycles. The highest BCUT2D eigenvalue weighted by Crippen LogP contribution is 2.25. The van der Waals surface area contributed by atoms with Crippen molar-refractivity contribution >= 4 is 23.6 Å². The summed E-state index contributed by atoms with van der Waals surface area (Å²) >= 11 is 0. The van der Waals surface area contributed by atoms with E-state index in [2.05, 4.69) is 0 Å². The van der Waals surface area contributed by atoms with Gasteiger partial charge in [-0.05, 0) is 18.2 Å². The van der Waals surface area contributed by atoms with Gasteiger partial charge < -0.3 is 10.8 Å². The number of carbonyl (C=O) groups excluding carboxylic acids is 2. The molecule has 1 aliphatic heterocycles. The van der Waals surface area contributed by atoms with Crippen LogP contribution in [0.3, 0.4) is 0 Å². The Morgan fingerprint density at radius 3 is 2.54 bits per heavy atom. The summed E-state index contributed by atoms with van der Waals surface area (Å²) in [5, 5.41) is 20.3. The third kappa shape index (κ3) is 2.02. The number of nitrogens with one attached hydrogen (secondary N) is 1. The summed E-state index contributed by atoms with van der Waals surface area (Å²) in [6, 6.07) is 6.33. The number of rotatable bonds is 2. The van der Waals surface area contributed by atoms with Crippen molar-refractivity contribution in [1.82, 2.24) is 9.88 Å². The molecular formula is C15H8N4O5. The van der Waals surface area contributed by atoms with Gasteiger partial charge in [-0.1, -0.05) is 0 Å². The SMILES string of the molecule is N#Cc1ccc(C(=O)O)c(-n2c(N)c3c(cc2=O)C(=O)NC3=O)c1. The van der Waals surface area contributed by atoms with Crippen LogP contribution in [0.4, 0.5) is 5.82 Å². The normalized spacial score (nSPS) is 12.5. The first kappa shape index (κ1) is 15.0. The summed E-state index contributed by atoms with van der Waals surface area (Å²) in [7, 11) is 0.